The molecule has 0 unspecified atom stereocenters. The largest absolute Gasteiger partial charge is 0.339 e. The Morgan fingerprint density at radius 3 is 2.30 bits per heavy atom. The number of hydrogen-bond acceptors (Lipinski definition) is 3. The molecule has 2 aromatic carbocycles. The third kappa shape index (κ3) is 2.62. The number of imide groups is 1. The van der Waals surface area contributed by atoms with Gasteiger partial charge in [-0.15, -0.1) is 0 Å². The van der Waals surface area contributed by atoms with E-state index in [1.165, 1.54) is 0 Å². The average Bonchev–Trinajstić information content (AvgIpc) is 2.77. The second-order valence-electron chi connectivity index (χ2n) is 5.34. The zero-order valence-electron chi connectivity index (χ0n) is 12.8. The van der Waals surface area contributed by atoms with E-state index >= 15 is 0 Å². The van der Waals surface area contributed by atoms with Crippen molar-refractivity contribution in [1.29, 1.82) is 0 Å². The van der Waals surface area contributed by atoms with Crippen molar-refractivity contribution in [2.75, 3.05) is 16.8 Å². The summed E-state index contributed by atoms with van der Waals surface area (Å²) >= 11 is 6.18. The molecule has 0 saturated heterocycles. The standard InChI is InChI=1S/C18H15ClN2O2/c1-12-7-6-10-14(11-12)21-17(22)15(19)16(18(21)23)20(2)13-8-4-3-5-9-13/h3-11H,1-2H3. The van der Waals surface area contributed by atoms with Crippen LogP contribution in [0.1, 0.15) is 5.56 Å². The number of hydrogen-bond donors (Lipinski definition) is 0. The quantitative estimate of drug-likeness (QED) is 0.811. The third-order valence-electron chi connectivity index (χ3n) is 3.74. The van der Waals surface area contributed by atoms with E-state index in [-0.39, 0.29) is 10.7 Å². The van der Waals surface area contributed by atoms with Gasteiger partial charge in [0.2, 0.25) is 0 Å². The lowest BCUT2D eigenvalue weighted by Gasteiger charge is -2.21. The van der Waals surface area contributed by atoms with E-state index in [4.69, 9.17) is 11.6 Å². The summed E-state index contributed by atoms with van der Waals surface area (Å²) in [5, 5.41) is -0.0668. The van der Waals surface area contributed by atoms with E-state index in [9.17, 15) is 9.59 Å². The maximum atomic E-state index is 12.8. The van der Waals surface area contributed by atoms with E-state index in [0.29, 0.717) is 5.69 Å². The number of carbonyl (C=O) groups is 2. The minimum atomic E-state index is -0.500. The van der Waals surface area contributed by atoms with Gasteiger partial charge in [0.15, 0.2) is 0 Å². The number of nitrogens with zero attached hydrogens (tertiary/aromatic N) is 2. The molecule has 0 atom stereocenters. The molecule has 0 N–H and O–H groups in total. The van der Waals surface area contributed by atoms with Crippen LogP contribution in [0, 0.1) is 6.92 Å². The van der Waals surface area contributed by atoms with Crippen molar-refractivity contribution in [3.63, 3.8) is 0 Å². The third-order valence-corrected chi connectivity index (χ3v) is 4.08. The number of rotatable bonds is 3. The van der Waals surface area contributed by atoms with Gasteiger partial charge in [0.05, 0.1) is 5.69 Å². The molecule has 3 rings (SSSR count). The molecule has 1 heterocycles. The van der Waals surface area contributed by atoms with Crippen molar-refractivity contribution in [2.45, 2.75) is 6.92 Å². The lowest BCUT2D eigenvalue weighted by molar-refractivity contribution is -0.120. The van der Waals surface area contributed by atoms with Gasteiger partial charge >= 0.3 is 0 Å². The Kier molecular flexibility index (Phi) is 3.92. The van der Waals surface area contributed by atoms with E-state index < -0.39 is 11.8 Å². The number of halogens is 1. The average molecular weight is 327 g/mol. The van der Waals surface area contributed by atoms with Crippen LogP contribution in [0.5, 0.6) is 0 Å². The van der Waals surface area contributed by atoms with Crippen molar-refractivity contribution in [2.24, 2.45) is 0 Å². The number of para-hydroxylation sites is 1. The number of likely N-dealkylation sites (N-methyl/N-ethyl adjacent to an activating group) is 1. The summed E-state index contributed by atoms with van der Waals surface area (Å²) < 4.78 is 0. The van der Waals surface area contributed by atoms with Gasteiger partial charge in [0, 0.05) is 12.7 Å². The molecule has 2 aromatic rings. The molecule has 4 nitrogen and oxygen atoms in total. The molecule has 23 heavy (non-hydrogen) atoms. The van der Waals surface area contributed by atoms with Gasteiger partial charge in [0.1, 0.15) is 10.7 Å². The number of aryl methyl sites for hydroxylation is 1. The molecule has 0 radical (unpaired) electrons. The van der Waals surface area contributed by atoms with Gasteiger partial charge < -0.3 is 4.90 Å². The minimum absolute atomic E-state index is 0.0668. The Hall–Kier alpha value is -2.59. The van der Waals surface area contributed by atoms with E-state index in [0.717, 1.165) is 16.2 Å². The Balaban J connectivity index is 2.00. The van der Waals surface area contributed by atoms with Gasteiger partial charge in [-0.05, 0) is 36.8 Å². The van der Waals surface area contributed by atoms with Crippen LogP contribution in [0.4, 0.5) is 11.4 Å². The fraction of sp³-hybridized carbons (Fsp3) is 0.111. The first-order valence-electron chi connectivity index (χ1n) is 7.14. The molecule has 5 heteroatoms. The molecule has 0 spiro atoms. The number of carbonyl (C=O) groups excluding carboxylic acids is 2. The second kappa shape index (κ2) is 5.89. The highest BCUT2D eigenvalue weighted by Gasteiger charge is 2.40. The van der Waals surface area contributed by atoms with Crippen LogP contribution in [-0.4, -0.2) is 18.9 Å². The summed E-state index contributed by atoms with van der Waals surface area (Å²) in [4.78, 5) is 28.0. The van der Waals surface area contributed by atoms with Gasteiger partial charge in [-0.3, -0.25) is 9.59 Å². The lowest BCUT2D eigenvalue weighted by Crippen LogP contribution is -2.34. The van der Waals surface area contributed by atoms with Crippen LogP contribution < -0.4 is 9.80 Å². The Morgan fingerprint density at radius 2 is 1.65 bits per heavy atom. The van der Waals surface area contributed by atoms with Gasteiger partial charge in [-0.25, -0.2) is 4.90 Å². The molecular formula is C18H15ClN2O2. The summed E-state index contributed by atoms with van der Waals surface area (Å²) in [5.41, 5.74) is 2.45. The molecule has 1 aliphatic rings. The fourth-order valence-electron chi connectivity index (χ4n) is 2.56. The highest BCUT2D eigenvalue weighted by atomic mass is 35.5. The maximum absolute atomic E-state index is 12.8. The van der Waals surface area contributed by atoms with Crippen LogP contribution >= 0.6 is 11.6 Å². The van der Waals surface area contributed by atoms with Crippen LogP contribution in [0.15, 0.2) is 65.3 Å². The van der Waals surface area contributed by atoms with E-state index in [1.54, 1.807) is 30.1 Å². The highest BCUT2D eigenvalue weighted by molar-refractivity contribution is 6.53. The van der Waals surface area contributed by atoms with Crippen molar-refractivity contribution in [3.05, 3.63) is 70.9 Å². The molecule has 0 fully saturated rings. The lowest BCUT2D eigenvalue weighted by atomic mass is 10.2. The number of amides is 2. The smallest absolute Gasteiger partial charge is 0.283 e. The maximum Gasteiger partial charge on any atom is 0.283 e. The molecule has 1 aliphatic heterocycles. The summed E-state index contributed by atoms with van der Waals surface area (Å²) in [6.07, 6.45) is 0. The summed E-state index contributed by atoms with van der Waals surface area (Å²) in [6, 6.07) is 16.5. The zero-order valence-corrected chi connectivity index (χ0v) is 13.5. The van der Waals surface area contributed by atoms with Crippen molar-refractivity contribution < 1.29 is 9.59 Å². The van der Waals surface area contributed by atoms with Gasteiger partial charge in [-0.1, -0.05) is 41.9 Å². The predicted molar refractivity (Wildman–Crippen MR) is 91.4 cm³/mol. The Bertz CT molecular complexity index is 815. The van der Waals surface area contributed by atoms with Gasteiger partial charge in [0.25, 0.3) is 11.8 Å². The minimum Gasteiger partial charge on any atom is -0.339 e. The topological polar surface area (TPSA) is 40.6 Å². The number of anilines is 2. The first-order chi connectivity index (χ1) is 11.0. The van der Waals surface area contributed by atoms with Crippen molar-refractivity contribution in [1.82, 2.24) is 0 Å². The first kappa shape index (κ1) is 15.3. The van der Waals surface area contributed by atoms with Gasteiger partial charge in [-0.2, -0.15) is 0 Å². The molecule has 0 aliphatic carbocycles. The van der Waals surface area contributed by atoms with Crippen molar-refractivity contribution >= 4 is 34.8 Å². The molecule has 0 aromatic heterocycles. The molecular weight excluding hydrogens is 312 g/mol. The summed E-state index contributed by atoms with van der Waals surface area (Å²) in [7, 11) is 1.72. The number of benzene rings is 2. The Morgan fingerprint density at radius 1 is 0.957 bits per heavy atom. The van der Waals surface area contributed by atoms with E-state index in [2.05, 4.69) is 0 Å². The van der Waals surface area contributed by atoms with Crippen molar-refractivity contribution in [3.8, 4) is 0 Å². The van der Waals surface area contributed by atoms with Crippen LogP contribution in [-0.2, 0) is 9.59 Å². The zero-order chi connectivity index (χ0) is 16.6. The fourth-order valence-corrected chi connectivity index (χ4v) is 2.86. The predicted octanol–water partition coefficient (Wildman–Crippen LogP) is 3.46. The molecule has 116 valence electrons. The Labute approximate surface area is 139 Å². The molecule has 2 amide bonds. The molecule has 0 saturated carbocycles. The normalized spacial score (nSPS) is 14.7. The summed E-state index contributed by atoms with van der Waals surface area (Å²) in [6.45, 7) is 1.90. The van der Waals surface area contributed by atoms with E-state index in [1.807, 2.05) is 43.3 Å². The SMILES string of the molecule is Cc1cccc(N2C(=O)C(Cl)=C(N(C)c3ccccc3)C2=O)c1. The van der Waals surface area contributed by atoms with Crippen LogP contribution in [0.2, 0.25) is 0 Å². The summed E-state index contributed by atoms with van der Waals surface area (Å²) in [5.74, 6) is -0.919. The van der Waals surface area contributed by atoms with Crippen LogP contribution in [0.25, 0.3) is 0 Å². The second-order valence-corrected chi connectivity index (χ2v) is 5.72. The molecule has 0 bridgehead atoms. The highest BCUT2D eigenvalue weighted by Crippen LogP contribution is 2.32. The monoisotopic (exact) mass is 326 g/mol. The van der Waals surface area contributed by atoms with Crippen LogP contribution in [0.3, 0.4) is 0 Å². The first-order valence-corrected chi connectivity index (χ1v) is 7.52.